The molecule has 0 unspecified atom stereocenters. The average Bonchev–Trinajstić information content (AvgIpc) is 3.10. The van der Waals surface area contributed by atoms with Crippen LogP contribution in [0.1, 0.15) is 36.7 Å². The van der Waals surface area contributed by atoms with E-state index in [9.17, 15) is 14.4 Å². The number of ether oxygens (including phenoxy) is 4. The molecule has 15 heteroatoms. The van der Waals surface area contributed by atoms with Gasteiger partial charge in [-0.25, -0.2) is 4.79 Å². The third-order valence-electron chi connectivity index (χ3n) is 5.82. The normalized spacial score (nSPS) is 9.55. The van der Waals surface area contributed by atoms with Crippen LogP contribution in [0, 0.1) is 0 Å². The summed E-state index contributed by atoms with van der Waals surface area (Å²) in [6.45, 7) is 5.24. The third kappa shape index (κ3) is 15.6. The molecule has 0 spiro atoms. The first-order valence-corrected chi connectivity index (χ1v) is 14.5. The fourth-order valence-electron chi connectivity index (χ4n) is 3.86. The van der Waals surface area contributed by atoms with Crippen LogP contribution >= 0.6 is 0 Å². The summed E-state index contributed by atoms with van der Waals surface area (Å²) in [5.41, 5.74) is 17.5. The number of rotatable bonds is 10. The molecule has 4 aromatic carbocycles. The fourth-order valence-corrected chi connectivity index (χ4v) is 3.86. The molecular formula is C34H37N6NaO8. The standard InChI is InChI=1S/C16H15N3O3.C12H10O2.C4H7N3O2.C2H5O.Na/c1-3-22-16(20)14(18-19-17)9-13-8-11-6-4-5-7-12(11)10-15(13)21-2;1-14-12-7-10-5-3-2-4-9(10)6-11(12)8-13;1-2-9-4(8)3-6-7-5;1-2-3;/h4-10H,3H2,1-2H3;2-8H,1H3;2-3H2,1H3;2H2,1H3;/q;;;-1;+1/b14-9-;;;;. The van der Waals surface area contributed by atoms with Crippen molar-refractivity contribution in [1.29, 1.82) is 0 Å². The fraction of sp³-hybridized carbons (Fsp3) is 0.265. The molecule has 0 aliphatic heterocycles. The van der Waals surface area contributed by atoms with Gasteiger partial charge >= 0.3 is 41.5 Å². The van der Waals surface area contributed by atoms with Gasteiger partial charge in [0.15, 0.2) is 6.29 Å². The Labute approximate surface area is 306 Å². The summed E-state index contributed by atoms with van der Waals surface area (Å²) in [7, 11) is 3.11. The Kier molecular flexibility index (Phi) is 23.3. The molecule has 0 fully saturated rings. The maximum absolute atomic E-state index is 11.8. The summed E-state index contributed by atoms with van der Waals surface area (Å²) in [5.74, 6) is 0.0400. The van der Waals surface area contributed by atoms with Crippen molar-refractivity contribution >= 4 is 45.8 Å². The molecule has 49 heavy (non-hydrogen) atoms. The van der Waals surface area contributed by atoms with Gasteiger partial charge in [0.1, 0.15) is 23.7 Å². The summed E-state index contributed by atoms with van der Waals surface area (Å²) in [6.07, 6.45) is 2.27. The number of nitrogens with zero attached hydrogens (tertiary/aromatic N) is 6. The Morgan fingerprint density at radius 2 is 1.22 bits per heavy atom. The molecule has 0 heterocycles. The zero-order valence-electron chi connectivity index (χ0n) is 28.4. The zero-order chi connectivity index (χ0) is 35.7. The SMILES string of the molecule is CCOC(=O)/C(=C/c1cc2ccccc2cc1OC)N=[N+]=[N-].CCOC(=O)CN=[N+]=[N-].CC[O-].COc1cc2ccccc2cc1C=O.[Na+]. The molecule has 4 aromatic rings. The molecule has 0 aromatic heterocycles. The van der Waals surface area contributed by atoms with E-state index in [0.717, 1.165) is 27.8 Å². The van der Waals surface area contributed by atoms with E-state index >= 15 is 0 Å². The Morgan fingerprint density at radius 3 is 1.63 bits per heavy atom. The summed E-state index contributed by atoms with van der Waals surface area (Å²) in [4.78, 5) is 37.9. The molecule has 0 saturated carbocycles. The maximum atomic E-state index is 11.8. The van der Waals surface area contributed by atoms with Crippen LogP contribution < -0.4 is 44.1 Å². The number of esters is 2. The molecule has 252 valence electrons. The number of benzene rings is 4. The first kappa shape index (κ1) is 43.9. The first-order chi connectivity index (χ1) is 23.3. The first-order valence-electron chi connectivity index (χ1n) is 14.5. The van der Waals surface area contributed by atoms with Crippen LogP contribution in [0.2, 0.25) is 0 Å². The van der Waals surface area contributed by atoms with Crippen LogP contribution in [0.4, 0.5) is 0 Å². The Morgan fingerprint density at radius 1 is 0.776 bits per heavy atom. The van der Waals surface area contributed by atoms with Gasteiger partial charge in [0.25, 0.3) is 0 Å². The van der Waals surface area contributed by atoms with Crippen LogP contribution in [-0.4, -0.2) is 58.8 Å². The quantitative estimate of drug-likeness (QED) is 0.0454. The topological polar surface area (TPSA) is 209 Å². The maximum Gasteiger partial charge on any atom is 1.00 e. The summed E-state index contributed by atoms with van der Waals surface area (Å²) >= 11 is 0. The second-order valence-corrected chi connectivity index (χ2v) is 8.92. The number of fused-ring (bicyclic) bond motifs is 2. The Bertz CT molecular complexity index is 1790. The summed E-state index contributed by atoms with van der Waals surface area (Å²) in [6, 6.07) is 23.1. The van der Waals surface area contributed by atoms with Crippen molar-refractivity contribution in [3.8, 4) is 11.5 Å². The van der Waals surface area contributed by atoms with Gasteiger partial charge in [-0.3, -0.25) is 9.59 Å². The zero-order valence-corrected chi connectivity index (χ0v) is 30.4. The number of hydrogen-bond acceptors (Lipinski definition) is 10. The Hall–Kier alpha value is -5.07. The molecule has 0 saturated heterocycles. The van der Waals surface area contributed by atoms with E-state index < -0.39 is 11.9 Å². The van der Waals surface area contributed by atoms with E-state index in [1.807, 2.05) is 72.8 Å². The second kappa shape index (κ2) is 26.0. The van der Waals surface area contributed by atoms with E-state index in [1.54, 1.807) is 35.0 Å². The van der Waals surface area contributed by atoms with Crippen molar-refractivity contribution < 1.29 is 68.0 Å². The van der Waals surface area contributed by atoms with Crippen molar-refractivity contribution in [2.75, 3.05) is 40.6 Å². The van der Waals surface area contributed by atoms with Crippen molar-refractivity contribution in [3.05, 3.63) is 111 Å². The molecule has 0 N–H and O–H groups in total. The van der Waals surface area contributed by atoms with E-state index in [0.29, 0.717) is 29.2 Å². The number of aldehydes is 1. The van der Waals surface area contributed by atoms with Gasteiger partial charge in [0.05, 0.1) is 33.0 Å². The van der Waals surface area contributed by atoms with Crippen LogP contribution in [-0.2, 0) is 19.1 Å². The molecule has 0 amide bonds. The number of carbonyl (C=O) groups is 3. The number of azide groups is 2. The number of carbonyl (C=O) groups excluding carboxylic acids is 3. The minimum atomic E-state index is -0.671. The molecule has 0 bridgehead atoms. The van der Waals surface area contributed by atoms with Crippen molar-refractivity contribution in [3.63, 3.8) is 0 Å². The van der Waals surface area contributed by atoms with Crippen molar-refractivity contribution in [2.24, 2.45) is 10.2 Å². The molecular weight excluding hydrogens is 643 g/mol. The van der Waals surface area contributed by atoms with E-state index in [-0.39, 0.29) is 55.0 Å². The largest absolute Gasteiger partial charge is 1.00 e. The van der Waals surface area contributed by atoms with Crippen LogP contribution in [0.25, 0.3) is 48.5 Å². The smallest absolute Gasteiger partial charge is 0.855 e. The average molecular weight is 681 g/mol. The predicted molar refractivity (Wildman–Crippen MR) is 181 cm³/mol. The molecule has 14 nitrogen and oxygen atoms in total. The van der Waals surface area contributed by atoms with Gasteiger partial charge < -0.3 is 24.1 Å². The molecule has 0 atom stereocenters. The van der Waals surface area contributed by atoms with E-state index in [2.05, 4.69) is 24.8 Å². The van der Waals surface area contributed by atoms with Crippen LogP contribution in [0.15, 0.2) is 88.7 Å². The molecule has 4 rings (SSSR count). The van der Waals surface area contributed by atoms with Crippen molar-refractivity contribution in [2.45, 2.75) is 20.8 Å². The predicted octanol–water partition coefficient (Wildman–Crippen LogP) is 3.95. The van der Waals surface area contributed by atoms with Gasteiger partial charge in [0.2, 0.25) is 0 Å². The number of hydrogen-bond donors (Lipinski definition) is 0. The van der Waals surface area contributed by atoms with Crippen LogP contribution in [0.5, 0.6) is 11.5 Å². The third-order valence-corrected chi connectivity index (χ3v) is 5.82. The Balaban J connectivity index is 0.000000731. The van der Waals surface area contributed by atoms with Crippen molar-refractivity contribution in [1.82, 2.24) is 0 Å². The minimum absolute atomic E-state index is 0. The minimum Gasteiger partial charge on any atom is -0.855 e. The molecule has 0 radical (unpaired) electrons. The molecule has 0 aliphatic carbocycles. The van der Waals surface area contributed by atoms with E-state index in [4.69, 9.17) is 30.4 Å². The van der Waals surface area contributed by atoms with Gasteiger partial charge in [-0.15, -0.1) is 6.61 Å². The van der Waals surface area contributed by atoms with Gasteiger partial charge in [0, 0.05) is 15.4 Å². The van der Waals surface area contributed by atoms with E-state index in [1.165, 1.54) is 6.08 Å². The summed E-state index contributed by atoms with van der Waals surface area (Å²) < 4.78 is 19.8. The monoisotopic (exact) mass is 680 g/mol. The van der Waals surface area contributed by atoms with Gasteiger partial charge in [-0.2, -0.15) is 0 Å². The summed E-state index contributed by atoms with van der Waals surface area (Å²) in [5, 5.41) is 19.5. The van der Waals surface area contributed by atoms with Gasteiger partial charge in [-0.1, -0.05) is 65.7 Å². The van der Waals surface area contributed by atoms with Crippen LogP contribution in [0.3, 0.4) is 0 Å². The number of methoxy groups -OCH3 is 2. The second-order valence-electron chi connectivity index (χ2n) is 8.92. The molecule has 0 aliphatic rings. The van der Waals surface area contributed by atoms with Gasteiger partial charge in [-0.05, 0) is 76.8 Å².